The number of rotatable bonds is 7. The Labute approximate surface area is 143 Å². The number of nitrogens with one attached hydrogen (secondary N) is 2. The maximum Gasteiger partial charge on any atom is 0.319 e. The Hall–Kier alpha value is -1.82. The second-order valence-corrected chi connectivity index (χ2v) is 6.48. The fraction of sp³-hybridized carbons (Fsp3) is 0.611. The molecule has 0 spiro atoms. The third-order valence-corrected chi connectivity index (χ3v) is 4.34. The number of ether oxygens (including phenoxy) is 1. The van der Waals surface area contributed by atoms with E-state index in [0.29, 0.717) is 18.0 Å². The van der Waals surface area contributed by atoms with Crippen LogP contribution in [0.1, 0.15) is 32.6 Å². The molecule has 0 radical (unpaired) electrons. The molecule has 1 fully saturated rings. The van der Waals surface area contributed by atoms with E-state index in [9.17, 15) is 9.18 Å². The van der Waals surface area contributed by atoms with Crippen molar-refractivity contribution >= 4 is 11.7 Å². The summed E-state index contributed by atoms with van der Waals surface area (Å²) in [6, 6.07) is 3.73. The molecule has 24 heavy (non-hydrogen) atoms. The normalized spacial score (nSPS) is 18.2. The van der Waals surface area contributed by atoms with Crippen LogP contribution in [0.4, 0.5) is 14.9 Å². The van der Waals surface area contributed by atoms with Crippen LogP contribution in [0, 0.1) is 11.7 Å². The van der Waals surface area contributed by atoms with Gasteiger partial charge in [-0.3, -0.25) is 0 Å². The SMILES string of the molecule is COc1cc(F)ccc1NC(=O)NCCCCN1CCC[C@H](C)C1. The van der Waals surface area contributed by atoms with Gasteiger partial charge in [0, 0.05) is 19.2 Å². The van der Waals surface area contributed by atoms with Gasteiger partial charge in [0.15, 0.2) is 0 Å². The lowest BCUT2D eigenvalue weighted by Gasteiger charge is -2.30. The van der Waals surface area contributed by atoms with Gasteiger partial charge in [-0.15, -0.1) is 0 Å². The van der Waals surface area contributed by atoms with Crippen LogP contribution in [-0.4, -0.2) is 44.2 Å². The third-order valence-electron chi connectivity index (χ3n) is 4.34. The minimum Gasteiger partial charge on any atom is -0.494 e. The van der Waals surface area contributed by atoms with Crippen LogP contribution in [0.25, 0.3) is 0 Å². The largest absolute Gasteiger partial charge is 0.494 e. The highest BCUT2D eigenvalue weighted by Crippen LogP contribution is 2.24. The molecule has 1 heterocycles. The van der Waals surface area contributed by atoms with Gasteiger partial charge in [-0.1, -0.05) is 6.92 Å². The lowest BCUT2D eigenvalue weighted by molar-refractivity contribution is 0.181. The number of nitrogens with zero attached hydrogens (tertiary/aromatic N) is 1. The van der Waals surface area contributed by atoms with Gasteiger partial charge in [-0.05, 0) is 56.8 Å². The highest BCUT2D eigenvalue weighted by molar-refractivity contribution is 5.90. The van der Waals surface area contributed by atoms with Crippen molar-refractivity contribution in [2.75, 3.05) is 38.6 Å². The molecule has 1 atom stereocenters. The summed E-state index contributed by atoms with van der Waals surface area (Å²) in [5, 5.41) is 5.51. The Morgan fingerprint density at radius 2 is 2.25 bits per heavy atom. The Kier molecular flexibility index (Phi) is 7.31. The average Bonchev–Trinajstić information content (AvgIpc) is 2.56. The Morgan fingerprint density at radius 3 is 3.00 bits per heavy atom. The van der Waals surface area contributed by atoms with Crippen molar-refractivity contribution in [2.24, 2.45) is 5.92 Å². The molecule has 0 saturated carbocycles. The lowest BCUT2D eigenvalue weighted by atomic mass is 10.0. The summed E-state index contributed by atoms with van der Waals surface area (Å²) in [6.45, 7) is 6.42. The monoisotopic (exact) mass is 337 g/mol. The average molecular weight is 337 g/mol. The molecule has 5 nitrogen and oxygen atoms in total. The zero-order chi connectivity index (χ0) is 17.4. The molecular weight excluding hydrogens is 309 g/mol. The molecule has 0 unspecified atom stereocenters. The number of likely N-dealkylation sites (tertiary alicyclic amines) is 1. The summed E-state index contributed by atoms with van der Waals surface area (Å²) >= 11 is 0. The van der Waals surface area contributed by atoms with Crippen molar-refractivity contribution in [1.29, 1.82) is 0 Å². The van der Waals surface area contributed by atoms with E-state index in [0.717, 1.165) is 25.3 Å². The van der Waals surface area contributed by atoms with Crippen molar-refractivity contribution in [2.45, 2.75) is 32.6 Å². The summed E-state index contributed by atoms with van der Waals surface area (Å²) < 4.78 is 18.2. The summed E-state index contributed by atoms with van der Waals surface area (Å²) in [6.07, 6.45) is 4.65. The fourth-order valence-electron chi connectivity index (χ4n) is 3.09. The molecule has 1 saturated heterocycles. The Morgan fingerprint density at radius 1 is 1.42 bits per heavy atom. The lowest BCUT2D eigenvalue weighted by Crippen LogP contribution is -2.35. The van der Waals surface area contributed by atoms with Gasteiger partial charge in [0.2, 0.25) is 0 Å². The quantitative estimate of drug-likeness (QED) is 0.749. The molecule has 6 heteroatoms. The van der Waals surface area contributed by atoms with Crippen LogP contribution < -0.4 is 15.4 Å². The highest BCUT2D eigenvalue weighted by Gasteiger charge is 2.15. The number of methoxy groups -OCH3 is 1. The van der Waals surface area contributed by atoms with Gasteiger partial charge < -0.3 is 20.3 Å². The number of hydrogen-bond donors (Lipinski definition) is 2. The predicted molar refractivity (Wildman–Crippen MR) is 94.0 cm³/mol. The number of halogens is 1. The first-order chi connectivity index (χ1) is 11.6. The third kappa shape index (κ3) is 6.00. The number of hydrogen-bond acceptors (Lipinski definition) is 3. The molecule has 1 aromatic carbocycles. The van der Waals surface area contributed by atoms with Gasteiger partial charge in [-0.25, -0.2) is 9.18 Å². The van der Waals surface area contributed by atoms with E-state index in [2.05, 4.69) is 22.5 Å². The number of carbonyl (C=O) groups is 1. The van der Waals surface area contributed by atoms with E-state index in [4.69, 9.17) is 4.74 Å². The van der Waals surface area contributed by atoms with Gasteiger partial charge in [0.05, 0.1) is 12.8 Å². The minimum atomic E-state index is -0.398. The van der Waals surface area contributed by atoms with Crippen LogP contribution in [0.2, 0.25) is 0 Å². The van der Waals surface area contributed by atoms with Crippen LogP contribution in [0.3, 0.4) is 0 Å². The van der Waals surface area contributed by atoms with Gasteiger partial charge >= 0.3 is 6.03 Å². The summed E-state index contributed by atoms with van der Waals surface area (Å²) in [5.74, 6) is 0.711. The first-order valence-corrected chi connectivity index (χ1v) is 8.69. The number of anilines is 1. The molecule has 0 bridgehead atoms. The molecule has 1 aliphatic rings. The van der Waals surface area contributed by atoms with Crippen molar-refractivity contribution in [3.8, 4) is 5.75 Å². The second kappa shape index (κ2) is 9.47. The number of piperidine rings is 1. The van der Waals surface area contributed by atoms with Gasteiger partial charge in [0.25, 0.3) is 0 Å². The number of benzene rings is 1. The maximum absolute atomic E-state index is 13.1. The molecule has 2 amide bonds. The van der Waals surface area contributed by atoms with Crippen molar-refractivity contribution < 1.29 is 13.9 Å². The number of amides is 2. The summed E-state index contributed by atoms with van der Waals surface area (Å²) in [7, 11) is 1.44. The fourth-order valence-corrected chi connectivity index (χ4v) is 3.09. The predicted octanol–water partition coefficient (Wildman–Crippen LogP) is 3.47. The zero-order valence-corrected chi connectivity index (χ0v) is 14.6. The van der Waals surface area contributed by atoms with E-state index in [1.807, 2.05) is 0 Å². The summed E-state index contributed by atoms with van der Waals surface area (Å²) in [4.78, 5) is 14.4. The first-order valence-electron chi connectivity index (χ1n) is 8.69. The molecule has 2 rings (SSSR count). The van der Waals surface area contributed by atoms with Crippen molar-refractivity contribution in [3.05, 3.63) is 24.0 Å². The standard InChI is InChI=1S/C18H28FN3O2/c1-14-6-5-11-22(13-14)10-4-3-9-20-18(23)21-16-8-7-15(19)12-17(16)24-2/h7-8,12,14H,3-6,9-11,13H2,1-2H3,(H2,20,21,23)/t14-/m0/s1. The maximum atomic E-state index is 13.1. The molecule has 0 aromatic heterocycles. The van der Waals surface area contributed by atoms with Crippen LogP contribution >= 0.6 is 0 Å². The second-order valence-electron chi connectivity index (χ2n) is 6.48. The topological polar surface area (TPSA) is 53.6 Å². The number of carbonyl (C=O) groups excluding carboxylic acids is 1. The molecule has 1 aliphatic heterocycles. The van der Waals surface area contributed by atoms with Gasteiger partial charge in [0.1, 0.15) is 11.6 Å². The summed E-state index contributed by atoms with van der Waals surface area (Å²) in [5.41, 5.74) is 0.457. The molecule has 0 aliphatic carbocycles. The van der Waals surface area contributed by atoms with E-state index in [1.54, 1.807) is 0 Å². The van der Waals surface area contributed by atoms with Crippen LogP contribution in [0.15, 0.2) is 18.2 Å². The van der Waals surface area contributed by atoms with E-state index in [-0.39, 0.29) is 6.03 Å². The van der Waals surface area contributed by atoms with Crippen LogP contribution in [0.5, 0.6) is 5.75 Å². The van der Waals surface area contributed by atoms with Crippen molar-refractivity contribution in [1.82, 2.24) is 10.2 Å². The van der Waals surface area contributed by atoms with Gasteiger partial charge in [-0.2, -0.15) is 0 Å². The Balaban J connectivity index is 1.63. The van der Waals surface area contributed by atoms with Crippen molar-refractivity contribution in [3.63, 3.8) is 0 Å². The molecule has 2 N–H and O–H groups in total. The highest BCUT2D eigenvalue weighted by atomic mass is 19.1. The van der Waals surface area contributed by atoms with E-state index < -0.39 is 5.82 Å². The first kappa shape index (κ1) is 18.5. The molecular formula is C18H28FN3O2. The molecule has 1 aromatic rings. The van der Waals surface area contributed by atoms with E-state index >= 15 is 0 Å². The Bertz CT molecular complexity index is 539. The zero-order valence-electron chi connectivity index (χ0n) is 14.6. The minimum absolute atomic E-state index is 0.300. The smallest absolute Gasteiger partial charge is 0.319 e. The number of unbranched alkanes of at least 4 members (excludes halogenated alkanes) is 1. The molecule has 134 valence electrons. The van der Waals surface area contributed by atoms with Crippen LogP contribution in [-0.2, 0) is 0 Å². The number of urea groups is 1. The van der Waals surface area contributed by atoms with E-state index in [1.165, 1.54) is 51.2 Å².